The Hall–Kier alpha value is -4.26. The Morgan fingerprint density at radius 3 is 2.30 bits per heavy atom. The predicted molar refractivity (Wildman–Crippen MR) is 143 cm³/mol. The van der Waals surface area contributed by atoms with Crippen molar-refractivity contribution in [2.24, 2.45) is 4.99 Å². The first-order valence-electron chi connectivity index (χ1n) is 11.3. The van der Waals surface area contributed by atoms with Crippen LogP contribution in [0, 0.1) is 24.0 Å². The zero-order valence-corrected chi connectivity index (χ0v) is 22.0. The zero-order chi connectivity index (χ0) is 27.2. The Morgan fingerprint density at radius 2 is 1.70 bits per heavy atom. The number of nitro groups is 1. The average molecular weight is 571 g/mol. The number of benzene rings is 2. The summed E-state index contributed by atoms with van der Waals surface area (Å²) in [6.45, 7) is 7.78. The highest BCUT2D eigenvalue weighted by molar-refractivity contribution is 9.10. The van der Waals surface area contributed by atoms with E-state index >= 15 is 0 Å². The maximum Gasteiger partial charge on any atom is 0.335 e. The molecule has 2 N–H and O–H groups in total. The zero-order valence-electron chi connectivity index (χ0n) is 20.4. The number of hydrogen-bond acceptors (Lipinski definition) is 7. The Balaban J connectivity index is 1.95. The molecule has 192 valence electrons. The summed E-state index contributed by atoms with van der Waals surface area (Å²) >= 11 is 3.42. The fraction of sp³-hybridized carbons (Fsp3) is 0.250. The molecule has 12 nitrogen and oxygen atoms in total. The van der Waals surface area contributed by atoms with Crippen LogP contribution >= 0.6 is 15.9 Å². The molecule has 0 radical (unpaired) electrons. The van der Waals surface area contributed by atoms with Crippen LogP contribution in [0.2, 0.25) is 0 Å². The second-order valence-corrected chi connectivity index (χ2v) is 9.12. The van der Waals surface area contributed by atoms with E-state index in [-0.39, 0.29) is 22.6 Å². The number of nitro benzene ring substituents is 1. The first-order valence-corrected chi connectivity index (χ1v) is 12.1. The summed E-state index contributed by atoms with van der Waals surface area (Å²) in [6.07, 6.45) is 0.963. The number of nitrogens with one attached hydrogen (secondary N) is 1. The maximum atomic E-state index is 12.7. The molecular weight excluding hydrogens is 548 g/mol. The molecule has 0 spiro atoms. The van der Waals surface area contributed by atoms with Gasteiger partial charge in [0.25, 0.3) is 11.2 Å². The highest BCUT2D eigenvalue weighted by Gasteiger charge is 2.22. The van der Waals surface area contributed by atoms with Crippen molar-refractivity contribution < 1.29 is 10.0 Å². The summed E-state index contributed by atoms with van der Waals surface area (Å²) in [5.41, 5.74) is -0.283. The minimum atomic E-state index is -0.916. The molecule has 0 aliphatic rings. The van der Waals surface area contributed by atoms with Gasteiger partial charge in [-0.15, -0.1) is 0 Å². The van der Waals surface area contributed by atoms with E-state index in [1.54, 1.807) is 32.9 Å². The van der Waals surface area contributed by atoms with E-state index in [0.717, 1.165) is 20.8 Å². The lowest BCUT2D eigenvalue weighted by Crippen LogP contribution is -2.31. The first-order chi connectivity index (χ1) is 17.5. The lowest BCUT2D eigenvalue weighted by Gasteiger charge is -2.14. The van der Waals surface area contributed by atoms with Gasteiger partial charge in [0.2, 0.25) is 5.88 Å². The third-order valence-electron chi connectivity index (χ3n) is 6.33. The molecule has 0 saturated carbocycles. The van der Waals surface area contributed by atoms with Crippen LogP contribution in [0.4, 0.5) is 11.4 Å². The maximum absolute atomic E-state index is 12.7. The van der Waals surface area contributed by atoms with Gasteiger partial charge < -0.3 is 5.11 Å². The van der Waals surface area contributed by atoms with Crippen molar-refractivity contribution in [2.45, 2.75) is 40.8 Å². The van der Waals surface area contributed by atoms with Gasteiger partial charge in [0, 0.05) is 29.8 Å². The molecule has 0 amide bonds. The van der Waals surface area contributed by atoms with E-state index in [0.29, 0.717) is 35.4 Å². The SMILES string of the molecule is CCn1c(=O)n(CC)c2cc([N+](=O)[O-])c(N=Cc3c(O)n(-c4ccc(Br)c(C)c4C)c(=O)[nH]c3=O)cc21. The first kappa shape index (κ1) is 25.8. The molecule has 0 aliphatic carbocycles. The van der Waals surface area contributed by atoms with Gasteiger partial charge in [0.05, 0.1) is 21.6 Å². The van der Waals surface area contributed by atoms with Crippen LogP contribution in [0.25, 0.3) is 16.7 Å². The van der Waals surface area contributed by atoms with Gasteiger partial charge in [0.15, 0.2) is 0 Å². The van der Waals surface area contributed by atoms with E-state index in [2.05, 4.69) is 25.9 Å². The molecule has 2 heterocycles. The van der Waals surface area contributed by atoms with E-state index in [1.165, 1.54) is 21.3 Å². The van der Waals surface area contributed by atoms with Crippen LogP contribution in [0.3, 0.4) is 0 Å². The average Bonchev–Trinajstić information content (AvgIpc) is 3.12. The van der Waals surface area contributed by atoms with Gasteiger partial charge in [-0.2, -0.15) is 0 Å². The lowest BCUT2D eigenvalue weighted by atomic mass is 10.1. The molecule has 37 heavy (non-hydrogen) atoms. The minimum Gasteiger partial charge on any atom is -0.493 e. The second kappa shape index (κ2) is 9.65. The Morgan fingerprint density at radius 1 is 1.08 bits per heavy atom. The molecule has 0 bridgehead atoms. The number of aromatic amines is 1. The molecule has 0 fully saturated rings. The van der Waals surface area contributed by atoms with Crippen LogP contribution < -0.4 is 16.9 Å². The standard InChI is InChI=1S/C24H23BrN6O6/c1-5-28-19-9-16(18(31(36)37)10-20(19)29(6-2)24(28)35)26-11-14-21(32)27-23(34)30(22(14)33)17-8-7-15(25)12(3)13(17)4/h7-11,33H,5-6H2,1-4H3,(H,27,32,34). The van der Waals surface area contributed by atoms with Crippen molar-refractivity contribution in [1.29, 1.82) is 0 Å². The summed E-state index contributed by atoms with van der Waals surface area (Å²) in [6, 6.07) is 5.97. The Kier molecular flexibility index (Phi) is 6.74. The number of aromatic nitrogens is 4. The molecule has 2 aromatic heterocycles. The highest BCUT2D eigenvalue weighted by Crippen LogP contribution is 2.33. The Labute approximate surface area is 217 Å². The largest absolute Gasteiger partial charge is 0.493 e. The molecule has 0 aliphatic heterocycles. The monoisotopic (exact) mass is 570 g/mol. The molecular formula is C24H23BrN6O6. The minimum absolute atomic E-state index is 0.125. The highest BCUT2D eigenvalue weighted by atomic mass is 79.9. The molecule has 4 rings (SSSR count). The number of fused-ring (bicyclic) bond motifs is 1. The van der Waals surface area contributed by atoms with E-state index in [1.807, 2.05) is 6.92 Å². The number of nitrogens with zero attached hydrogens (tertiary/aromatic N) is 5. The van der Waals surface area contributed by atoms with E-state index in [4.69, 9.17) is 0 Å². The van der Waals surface area contributed by atoms with E-state index < -0.39 is 22.1 Å². The van der Waals surface area contributed by atoms with Crippen molar-refractivity contribution in [3.63, 3.8) is 0 Å². The summed E-state index contributed by atoms with van der Waals surface area (Å²) < 4.78 is 4.63. The van der Waals surface area contributed by atoms with Crippen LogP contribution in [0.1, 0.15) is 30.5 Å². The van der Waals surface area contributed by atoms with Crippen LogP contribution in [-0.4, -0.2) is 34.9 Å². The van der Waals surface area contributed by atoms with E-state index in [9.17, 15) is 29.6 Å². The van der Waals surface area contributed by atoms with Crippen LogP contribution in [0.15, 0.2) is 48.1 Å². The number of H-pyrrole nitrogens is 1. The van der Waals surface area contributed by atoms with Gasteiger partial charge in [0.1, 0.15) is 11.3 Å². The van der Waals surface area contributed by atoms with Gasteiger partial charge >= 0.3 is 11.4 Å². The smallest absolute Gasteiger partial charge is 0.335 e. The lowest BCUT2D eigenvalue weighted by molar-refractivity contribution is -0.383. The summed E-state index contributed by atoms with van der Waals surface area (Å²) in [7, 11) is 0. The molecule has 0 atom stereocenters. The fourth-order valence-corrected chi connectivity index (χ4v) is 4.66. The van der Waals surface area contributed by atoms with Gasteiger partial charge in [-0.25, -0.2) is 19.1 Å². The molecule has 2 aromatic carbocycles. The summed E-state index contributed by atoms with van der Waals surface area (Å²) in [5, 5.41) is 22.8. The topological polar surface area (TPSA) is 158 Å². The van der Waals surface area contributed by atoms with Gasteiger partial charge in [-0.05, 0) is 57.0 Å². The number of rotatable bonds is 6. The molecule has 4 aromatic rings. The molecule has 0 unspecified atom stereocenters. The molecule has 0 saturated heterocycles. The van der Waals surface area contributed by atoms with Crippen molar-refractivity contribution in [3.05, 3.63) is 86.9 Å². The van der Waals surface area contributed by atoms with Crippen molar-refractivity contribution in [1.82, 2.24) is 18.7 Å². The predicted octanol–water partition coefficient (Wildman–Crippen LogP) is 3.43. The fourth-order valence-electron chi connectivity index (χ4n) is 4.23. The number of aromatic hydroxyl groups is 1. The summed E-state index contributed by atoms with van der Waals surface area (Å²) in [5.74, 6) is -0.673. The summed E-state index contributed by atoms with van der Waals surface area (Å²) in [4.78, 5) is 55.4. The number of imidazole rings is 1. The van der Waals surface area contributed by atoms with Crippen molar-refractivity contribution in [3.8, 4) is 11.6 Å². The third kappa shape index (κ3) is 4.20. The quantitative estimate of drug-likeness (QED) is 0.205. The number of aryl methyl sites for hydroxylation is 2. The van der Waals surface area contributed by atoms with Crippen LogP contribution in [-0.2, 0) is 13.1 Å². The normalized spacial score (nSPS) is 11.6. The van der Waals surface area contributed by atoms with Crippen molar-refractivity contribution >= 4 is 44.6 Å². The Bertz CT molecular complexity index is 1790. The number of hydrogen-bond donors (Lipinski definition) is 2. The van der Waals surface area contributed by atoms with Gasteiger partial charge in [-0.3, -0.25) is 29.0 Å². The van der Waals surface area contributed by atoms with Gasteiger partial charge in [-0.1, -0.05) is 15.9 Å². The number of aliphatic imine (C=N–C) groups is 1. The third-order valence-corrected chi connectivity index (χ3v) is 7.19. The van der Waals surface area contributed by atoms with Crippen molar-refractivity contribution in [2.75, 3.05) is 0 Å². The number of halogens is 1. The molecule has 13 heteroatoms. The second-order valence-electron chi connectivity index (χ2n) is 8.26. The van der Waals surface area contributed by atoms with Crippen LogP contribution in [0.5, 0.6) is 5.88 Å².